The van der Waals surface area contributed by atoms with Crippen LogP contribution in [-0.4, -0.2) is 60.6 Å². The van der Waals surface area contributed by atoms with Gasteiger partial charge in [-0.1, -0.05) is 47.5 Å². The van der Waals surface area contributed by atoms with Gasteiger partial charge in [0.25, 0.3) is 15.9 Å². The zero-order valence-corrected chi connectivity index (χ0v) is 20.1. The number of carbonyl (C=O) groups is 2. The zero-order chi connectivity index (χ0) is 24.3. The van der Waals surface area contributed by atoms with E-state index in [1.165, 1.54) is 23.3 Å². The molecule has 2 aromatic carbocycles. The quantitative estimate of drug-likeness (QED) is 0.526. The first-order chi connectivity index (χ1) is 16.3. The monoisotopic (exact) mass is 501 g/mol. The number of carbonyl (C=O) groups excluding carboxylic acids is 2. The number of aryl methyl sites for hydroxylation is 1. The van der Waals surface area contributed by atoms with Gasteiger partial charge in [0.1, 0.15) is 0 Å². The fourth-order valence-electron chi connectivity index (χ4n) is 3.69. The van der Waals surface area contributed by atoms with Gasteiger partial charge in [0.05, 0.1) is 17.7 Å². The van der Waals surface area contributed by atoms with E-state index < -0.39 is 16.1 Å². The van der Waals surface area contributed by atoms with E-state index >= 15 is 0 Å². The maximum Gasteiger partial charge on any atom is 0.334 e. The first-order valence-corrected chi connectivity index (χ1v) is 12.5. The Labute approximate surface area is 203 Å². The Balaban J connectivity index is 1.57. The van der Waals surface area contributed by atoms with Crippen molar-refractivity contribution in [3.63, 3.8) is 0 Å². The predicted molar refractivity (Wildman–Crippen MR) is 127 cm³/mol. The van der Waals surface area contributed by atoms with E-state index in [4.69, 9.17) is 16.0 Å². The van der Waals surface area contributed by atoms with Crippen LogP contribution in [0.4, 0.5) is 4.79 Å². The summed E-state index contributed by atoms with van der Waals surface area (Å²) in [5, 5.41) is 0.369. The third kappa shape index (κ3) is 4.95. The van der Waals surface area contributed by atoms with Crippen LogP contribution in [0.3, 0.4) is 0 Å². The van der Waals surface area contributed by atoms with Crippen LogP contribution in [0.15, 0.2) is 76.2 Å². The number of hydrogen-bond donors (Lipinski definition) is 0. The molecular weight excluding hydrogens is 478 g/mol. The number of nitrogens with zero attached hydrogens (tertiary/aromatic N) is 3. The molecule has 34 heavy (non-hydrogen) atoms. The van der Waals surface area contributed by atoms with E-state index in [9.17, 15) is 18.0 Å². The van der Waals surface area contributed by atoms with Crippen molar-refractivity contribution >= 4 is 33.6 Å². The summed E-state index contributed by atoms with van der Waals surface area (Å²) in [5.41, 5.74) is 1.42. The molecule has 0 atom stereocenters. The second-order valence-corrected chi connectivity index (χ2v) is 10.2. The number of amides is 3. The number of halogens is 1. The maximum atomic E-state index is 13.5. The average molecular weight is 502 g/mol. The summed E-state index contributed by atoms with van der Waals surface area (Å²) in [7, 11) is -4.16. The van der Waals surface area contributed by atoms with Crippen LogP contribution >= 0.6 is 11.6 Å². The molecule has 3 aromatic rings. The first kappa shape index (κ1) is 23.8. The molecule has 1 aliphatic rings. The topological polar surface area (TPSA) is 91.1 Å². The van der Waals surface area contributed by atoms with Gasteiger partial charge in [-0.2, -0.15) is 0 Å². The number of furan rings is 1. The van der Waals surface area contributed by atoms with Gasteiger partial charge in [-0.05, 0) is 42.8 Å². The summed E-state index contributed by atoms with van der Waals surface area (Å²) in [4.78, 5) is 29.1. The molecule has 178 valence electrons. The second-order valence-electron chi connectivity index (χ2n) is 7.96. The molecule has 2 heterocycles. The average Bonchev–Trinajstić information content (AvgIpc) is 3.38. The molecule has 1 fully saturated rings. The van der Waals surface area contributed by atoms with Crippen molar-refractivity contribution in [2.45, 2.75) is 18.4 Å². The van der Waals surface area contributed by atoms with Gasteiger partial charge < -0.3 is 14.2 Å². The molecule has 0 aliphatic carbocycles. The standard InChI is InChI=1S/C24H24ClN3O5S/c1-18-8-10-20(11-9-18)34(31,32)28(17-19-5-2-3-6-21(19)25)24(30)27-14-12-26(13-15-27)23(29)22-7-4-16-33-22/h2-11,16H,12-15,17H2,1H3. The predicted octanol–water partition coefficient (Wildman–Crippen LogP) is 4.01. The Kier molecular flexibility index (Phi) is 6.95. The second kappa shape index (κ2) is 9.90. The van der Waals surface area contributed by atoms with Gasteiger partial charge in [-0.15, -0.1) is 0 Å². The number of rotatable bonds is 5. The SMILES string of the molecule is Cc1ccc(S(=O)(=O)N(Cc2ccccc2Cl)C(=O)N2CCN(C(=O)c3ccco3)CC2)cc1. The number of hydrogen-bond acceptors (Lipinski definition) is 5. The van der Waals surface area contributed by atoms with Crippen molar-refractivity contribution in [3.8, 4) is 0 Å². The molecular formula is C24H24ClN3O5S. The minimum absolute atomic E-state index is 0.0186. The molecule has 0 bridgehead atoms. The van der Waals surface area contributed by atoms with Crippen molar-refractivity contribution in [1.29, 1.82) is 0 Å². The van der Waals surface area contributed by atoms with Crippen LogP contribution in [0.2, 0.25) is 5.02 Å². The van der Waals surface area contributed by atoms with Crippen molar-refractivity contribution in [2.75, 3.05) is 26.2 Å². The van der Waals surface area contributed by atoms with Crippen LogP contribution in [0.25, 0.3) is 0 Å². The summed E-state index contributed by atoms with van der Waals surface area (Å²) < 4.78 is 33.1. The van der Waals surface area contributed by atoms with Gasteiger partial charge >= 0.3 is 6.03 Å². The normalized spacial score (nSPS) is 14.2. The Morgan fingerprint density at radius 1 is 0.941 bits per heavy atom. The van der Waals surface area contributed by atoms with Crippen LogP contribution in [0.1, 0.15) is 21.7 Å². The molecule has 3 amide bonds. The van der Waals surface area contributed by atoms with E-state index in [-0.39, 0.29) is 49.3 Å². The molecule has 4 rings (SSSR count). The molecule has 10 heteroatoms. The van der Waals surface area contributed by atoms with Gasteiger partial charge in [0.2, 0.25) is 0 Å². The largest absolute Gasteiger partial charge is 0.459 e. The Bertz CT molecular complexity index is 1270. The third-order valence-corrected chi connectivity index (χ3v) is 7.77. The molecule has 0 N–H and O–H groups in total. The lowest BCUT2D eigenvalue weighted by Gasteiger charge is -2.37. The number of urea groups is 1. The van der Waals surface area contributed by atoms with Crippen LogP contribution in [0.5, 0.6) is 0 Å². The molecule has 0 radical (unpaired) electrons. The highest BCUT2D eigenvalue weighted by Gasteiger charge is 2.35. The lowest BCUT2D eigenvalue weighted by Crippen LogP contribution is -2.54. The Morgan fingerprint density at radius 3 is 2.21 bits per heavy atom. The lowest BCUT2D eigenvalue weighted by molar-refractivity contribution is 0.0623. The zero-order valence-electron chi connectivity index (χ0n) is 18.6. The van der Waals surface area contributed by atoms with Crippen molar-refractivity contribution in [3.05, 3.63) is 88.8 Å². The summed E-state index contributed by atoms with van der Waals surface area (Å²) in [6.07, 6.45) is 1.43. The molecule has 1 saturated heterocycles. The summed E-state index contributed by atoms with van der Waals surface area (Å²) >= 11 is 6.28. The minimum Gasteiger partial charge on any atom is -0.459 e. The summed E-state index contributed by atoms with van der Waals surface area (Å²) in [5.74, 6) is -0.0422. The Morgan fingerprint density at radius 2 is 1.59 bits per heavy atom. The van der Waals surface area contributed by atoms with Gasteiger partial charge in [0, 0.05) is 31.2 Å². The highest BCUT2D eigenvalue weighted by Crippen LogP contribution is 2.25. The summed E-state index contributed by atoms with van der Waals surface area (Å²) in [6, 6.07) is 15.7. The van der Waals surface area contributed by atoms with E-state index in [0.717, 1.165) is 9.87 Å². The molecule has 1 aromatic heterocycles. The first-order valence-electron chi connectivity index (χ1n) is 10.7. The number of benzene rings is 2. The maximum absolute atomic E-state index is 13.5. The smallest absolute Gasteiger partial charge is 0.334 e. The van der Waals surface area contributed by atoms with E-state index in [1.54, 1.807) is 53.4 Å². The lowest BCUT2D eigenvalue weighted by atomic mass is 10.2. The summed E-state index contributed by atoms with van der Waals surface area (Å²) in [6.45, 7) is 2.54. The molecule has 0 saturated carbocycles. The number of piperazine rings is 1. The van der Waals surface area contributed by atoms with E-state index in [0.29, 0.717) is 10.6 Å². The number of sulfonamides is 1. The van der Waals surface area contributed by atoms with Gasteiger partial charge in [0.15, 0.2) is 5.76 Å². The third-order valence-electron chi connectivity index (χ3n) is 5.66. The van der Waals surface area contributed by atoms with Crippen molar-refractivity contribution < 1.29 is 22.4 Å². The van der Waals surface area contributed by atoms with Gasteiger partial charge in [-0.3, -0.25) is 4.79 Å². The van der Waals surface area contributed by atoms with Crippen LogP contribution in [-0.2, 0) is 16.6 Å². The highest BCUT2D eigenvalue weighted by molar-refractivity contribution is 7.89. The fourth-order valence-corrected chi connectivity index (χ4v) is 5.25. The van der Waals surface area contributed by atoms with Crippen molar-refractivity contribution in [2.24, 2.45) is 0 Å². The van der Waals surface area contributed by atoms with Crippen LogP contribution < -0.4 is 0 Å². The van der Waals surface area contributed by atoms with Crippen LogP contribution in [0, 0.1) is 6.92 Å². The molecule has 8 nitrogen and oxygen atoms in total. The van der Waals surface area contributed by atoms with E-state index in [2.05, 4.69) is 0 Å². The molecule has 0 spiro atoms. The van der Waals surface area contributed by atoms with E-state index in [1.807, 2.05) is 6.92 Å². The fraction of sp³-hybridized carbons (Fsp3) is 0.250. The van der Waals surface area contributed by atoms with Crippen molar-refractivity contribution in [1.82, 2.24) is 14.1 Å². The molecule has 1 aliphatic heterocycles. The van der Waals surface area contributed by atoms with Gasteiger partial charge in [-0.25, -0.2) is 17.5 Å². The molecule has 0 unspecified atom stereocenters. The highest BCUT2D eigenvalue weighted by atomic mass is 35.5. The Hall–Kier alpha value is -3.30. The minimum atomic E-state index is -4.16.